The zero-order valence-corrected chi connectivity index (χ0v) is 12.9. The summed E-state index contributed by atoms with van der Waals surface area (Å²) in [6, 6.07) is 8.67. The summed E-state index contributed by atoms with van der Waals surface area (Å²) >= 11 is 0. The Morgan fingerprint density at radius 3 is 2.56 bits per heavy atom. The van der Waals surface area contributed by atoms with Crippen molar-refractivity contribution in [2.75, 3.05) is 11.9 Å². The molecule has 0 spiro atoms. The normalized spacial score (nSPS) is 14.1. The van der Waals surface area contributed by atoms with Crippen LogP contribution in [-0.4, -0.2) is 22.7 Å². The number of fused-ring (bicyclic) bond motifs is 1. The molecule has 4 rings (SSSR count). The average molecular weight is 342 g/mol. The maximum Gasteiger partial charge on any atom is 0.416 e. The number of allylic oxidation sites excluding steroid dienone is 1. The number of anilines is 2. The van der Waals surface area contributed by atoms with E-state index in [1.165, 1.54) is 12.1 Å². The molecule has 0 radical (unpaired) electrons. The van der Waals surface area contributed by atoms with Gasteiger partial charge in [-0.2, -0.15) is 13.2 Å². The average Bonchev–Trinajstić information content (AvgIpc) is 3.23. The maximum absolute atomic E-state index is 12.6. The summed E-state index contributed by atoms with van der Waals surface area (Å²) in [5.41, 5.74) is 2.75. The van der Waals surface area contributed by atoms with Gasteiger partial charge in [0.2, 0.25) is 0 Å². The standard InChI is InChI=1S/C18H13F3N4/c19-18(20,21)13-1-3-14(4-2-13)24-17-8-16-12(10-23-17)7-15(25-16)11-5-6-22-9-11/h1-5,7-10,25H,6H2,(H,23,24). The summed E-state index contributed by atoms with van der Waals surface area (Å²) in [7, 11) is 0. The van der Waals surface area contributed by atoms with Crippen molar-refractivity contribution in [1.29, 1.82) is 0 Å². The number of halogens is 3. The number of aromatic amines is 1. The zero-order valence-electron chi connectivity index (χ0n) is 12.9. The van der Waals surface area contributed by atoms with E-state index in [0.29, 0.717) is 18.1 Å². The highest BCUT2D eigenvalue weighted by Crippen LogP contribution is 2.30. The number of rotatable bonds is 3. The van der Waals surface area contributed by atoms with E-state index in [9.17, 15) is 13.2 Å². The molecule has 2 aromatic heterocycles. The number of alkyl halides is 3. The highest BCUT2D eigenvalue weighted by atomic mass is 19.4. The Hall–Kier alpha value is -3.09. The molecular formula is C18H13F3N4. The largest absolute Gasteiger partial charge is 0.416 e. The minimum Gasteiger partial charge on any atom is -0.354 e. The van der Waals surface area contributed by atoms with E-state index in [-0.39, 0.29) is 0 Å². The molecule has 126 valence electrons. The van der Waals surface area contributed by atoms with Crippen LogP contribution in [0.25, 0.3) is 16.5 Å². The highest BCUT2D eigenvalue weighted by molar-refractivity contribution is 6.12. The van der Waals surface area contributed by atoms with Crippen molar-refractivity contribution in [2.24, 2.45) is 4.99 Å². The minimum absolute atomic E-state index is 0.539. The van der Waals surface area contributed by atoms with Gasteiger partial charge < -0.3 is 10.3 Å². The molecule has 0 aliphatic carbocycles. The van der Waals surface area contributed by atoms with E-state index in [1.807, 2.05) is 24.4 Å². The van der Waals surface area contributed by atoms with E-state index in [1.54, 1.807) is 6.20 Å². The number of nitrogens with one attached hydrogen (secondary N) is 2. The molecule has 0 saturated heterocycles. The summed E-state index contributed by atoms with van der Waals surface area (Å²) in [4.78, 5) is 11.8. The molecule has 7 heteroatoms. The lowest BCUT2D eigenvalue weighted by Gasteiger charge is -2.09. The number of hydrogen-bond donors (Lipinski definition) is 2. The summed E-state index contributed by atoms with van der Waals surface area (Å²) in [5.74, 6) is 0.551. The predicted octanol–water partition coefficient (Wildman–Crippen LogP) is 4.79. The van der Waals surface area contributed by atoms with Crippen LogP contribution in [-0.2, 0) is 6.18 Å². The monoisotopic (exact) mass is 342 g/mol. The second kappa shape index (κ2) is 5.77. The van der Waals surface area contributed by atoms with Gasteiger partial charge in [-0.25, -0.2) is 4.98 Å². The lowest BCUT2D eigenvalue weighted by Crippen LogP contribution is -2.04. The van der Waals surface area contributed by atoms with Gasteiger partial charge >= 0.3 is 6.18 Å². The second-order valence-corrected chi connectivity index (χ2v) is 5.69. The molecule has 0 bridgehead atoms. The molecular weight excluding hydrogens is 329 g/mol. The van der Waals surface area contributed by atoms with Crippen molar-refractivity contribution in [1.82, 2.24) is 9.97 Å². The van der Waals surface area contributed by atoms with Gasteiger partial charge in [0.15, 0.2) is 0 Å². The first-order valence-electron chi connectivity index (χ1n) is 7.62. The van der Waals surface area contributed by atoms with Crippen molar-refractivity contribution >= 4 is 34.2 Å². The van der Waals surface area contributed by atoms with Gasteiger partial charge in [-0.3, -0.25) is 4.99 Å². The van der Waals surface area contributed by atoms with Crippen LogP contribution in [0.4, 0.5) is 24.7 Å². The lowest BCUT2D eigenvalue weighted by molar-refractivity contribution is -0.137. The molecule has 0 amide bonds. The number of benzene rings is 1. The van der Waals surface area contributed by atoms with Gasteiger partial charge in [0.1, 0.15) is 5.82 Å². The third kappa shape index (κ3) is 3.13. The Morgan fingerprint density at radius 2 is 1.88 bits per heavy atom. The summed E-state index contributed by atoms with van der Waals surface area (Å²) < 4.78 is 37.8. The van der Waals surface area contributed by atoms with Crippen LogP contribution >= 0.6 is 0 Å². The Bertz CT molecular complexity index is 982. The van der Waals surface area contributed by atoms with Gasteiger partial charge in [0.25, 0.3) is 0 Å². The summed E-state index contributed by atoms with van der Waals surface area (Å²) in [5, 5.41) is 3.97. The Morgan fingerprint density at radius 1 is 1.08 bits per heavy atom. The molecule has 0 unspecified atom stereocenters. The van der Waals surface area contributed by atoms with E-state index in [0.717, 1.165) is 34.3 Å². The number of aliphatic imine (C=N–C) groups is 1. The molecule has 0 fully saturated rings. The highest BCUT2D eigenvalue weighted by Gasteiger charge is 2.29. The molecule has 0 saturated carbocycles. The number of hydrogen-bond acceptors (Lipinski definition) is 3. The van der Waals surface area contributed by atoms with Crippen LogP contribution in [0.5, 0.6) is 0 Å². The van der Waals surface area contributed by atoms with Crippen LogP contribution in [0.3, 0.4) is 0 Å². The first-order valence-corrected chi connectivity index (χ1v) is 7.62. The third-order valence-electron chi connectivity index (χ3n) is 3.95. The topological polar surface area (TPSA) is 53.1 Å². The smallest absolute Gasteiger partial charge is 0.354 e. The third-order valence-corrected chi connectivity index (χ3v) is 3.95. The lowest BCUT2D eigenvalue weighted by atomic mass is 10.2. The molecule has 1 aliphatic rings. The van der Waals surface area contributed by atoms with Gasteiger partial charge in [-0.15, -0.1) is 0 Å². The molecule has 1 aliphatic heterocycles. The van der Waals surface area contributed by atoms with Crippen LogP contribution in [0.15, 0.2) is 53.7 Å². The number of nitrogens with zero attached hydrogens (tertiary/aromatic N) is 2. The van der Waals surface area contributed by atoms with Crippen molar-refractivity contribution in [3.8, 4) is 0 Å². The maximum atomic E-state index is 12.6. The number of pyridine rings is 1. The number of aromatic nitrogens is 2. The quantitative estimate of drug-likeness (QED) is 0.719. The minimum atomic E-state index is -4.34. The van der Waals surface area contributed by atoms with Crippen molar-refractivity contribution in [2.45, 2.75) is 6.18 Å². The molecule has 4 nitrogen and oxygen atoms in total. The summed E-state index contributed by atoms with van der Waals surface area (Å²) in [6.45, 7) is 0.684. The first kappa shape index (κ1) is 15.4. The van der Waals surface area contributed by atoms with E-state index >= 15 is 0 Å². The zero-order chi connectivity index (χ0) is 17.4. The van der Waals surface area contributed by atoms with Crippen LogP contribution < -0.4 is 5.32 Å². The Kier molecular flexibility index (Phi) is 3.56. The Labute approximate surface area is 141 Å². The van der Waals surface area contributed by atoms with E-state index < -0.39 is 11.7 Å². The fourth-order valence-corrected chi connectivity index (χ4v) is 2.67. The van der Waals surface area contributed by atoms with Crippen molar-refractivity contribution in [3.63, 3.8) is 0 Å². The van der Waals surface area contributed by atoms with Crippen LogP contribution in [0.2, 0.25) is 0 Å². The van der Waals surface area contributed by atoms with E-state index in [2.05, 4.69) is 20.3 Å². The van der Waals surface area contributed by atoms with Crippen LogP contribution in [0, 0.1) is 0 Å². The van der Waals surface area contributed by atoms with Gasteiger partial charge in [-0.05, 0) is 30.3 Å². The molecule has 1 aromatic carbocycles. The van der Waals surface area contributed by atoms with E-state index in [4.69, 9.17) is 0 Å². The van der Waals surface area contributed by atoms with Crippen LogP contribution in [0.1, 0.15) is 11.3 Å². The van der Waals surface area contributed by atoms with Gasteiger partial charge in [0, 0.05) is 40.8 Å². The predicted molar refractivity (Wildman–Crippen MR) is 92.2 cm³/mol. The molecule has 2 N–H and O–H groups in total. The van der Waals surface area contributed by atoms with Gasteiger partial charge in [-0.1, -0.05) is 6.08 Å². The second-order valence-electron chi connectivity index (χ2n) is 5.69. The fraction of sp³-hybridized carbons (Fsp3) is 0.111. The molecule has 3 aromatic rings. The number of H-pyrrole nitrogens is 1. The molecule has 3 heterocycles. The molecule has 0 atom stereocenters. The Balaban J connectivity index is 1.58. The van der Waals surface area contributed by atoms with Gasteiger partial charge in [0.05, 0.1) is 17.6 Å². The van der Waals surface area contributed by atoms with Crippen molar-refractivity contribution < 1.29 is 13.2 Å². The SMILES string of the molecule is FC(F)(F)c1ccc(Nc2cc3[nH]c(C4=CCN=C4)cc3cn2)cc1. The molecule has 25 heavy (non-hydrogen) atoms. The fourth-order valence-electron chi connectivity index (χ4n) is 2.67. The summed E-state index contributed by atoms with van der Waals surface area (Å²) in [6.07, 6.45) is 1.22. The first-order chi connectivity index (χ1) is 12.0. The van der Waals surface area contributed by atoms with Crippen molar-refractivity contribution in [3.05, 3.63) is 59.9 Å².